The van der Waals surface area contributed by atoms with E-state index in [0.29, 0.717) is 12.1 Å². The molecule has 0 spiro atoms. The van der Waals surface area contributed by atoms with E-state index in [-0.39, 0.29) is 6.10 Å². The first-order valence-electron chi connectivity index (χ1n) is 6.14. The second kappa shape index (κ2) is 4.98. The SMILES string of the molecule is C[C@H]1CC(O)C[C@H](C)N1Cc1ccccc1. The Morgan fingerprint density at radius 2 is 1.69 bits per heavy atom. The highest BCUT2D eigenvalue weighted by molar-refractivity contribution is 5.14. The molecule has 88 valence electrons. The molecule has 1 saturated heterocycles. The number of hydrogen-bond acceptors (Lipinski definition) is 2. The maximum Gasteiger partial charge on any atom is 0.0569 e. The average molecular weight is 219 g/mol. The topological polar surface area (TPSA) is 23.5 Å². The van der Waals surface area contributed by atoms with Gasteiger partial charge in [-0.1, -0.05) is 30.3 Å². The summed E-state index contributed by atoms with van der Waals surface area (Å²) in [7, 11) is 0. The van der Waals surface area contributed by atoms with Crippen LogP contribution in [0, 0.1) is 0 Å². The van der Waals surface area contributed by atoms with Crippen LogP contribution in [0.5, 0.6) is 0 Å². The van der Waals surface area contributed by atoms with Gasteiger partial charge in [-0.3, -0.25) is 4.90 Å². The zero-order chi connectivity index (χ0) is 11.5. The van der Waals surface area contributed by atoms with Crippen molar-refractivity contribution in [3.05, 3.63) is 35.9 Å². The van der Waals surface area contributed by atoms with Crippen LogP contribution in [0.1, 0.15) is 32.3 Å². The van der Waals surface area contributed by atoms with Gasteiger partial charge in [-0.05, 0) is 32.3 Å². The molecule has 1 N–H and O–H groups in total. The fourth-order valence-electron chi connectivity index (χ4n) is 2.69. The summed E-state index contributed by atoms with van der Waals surface area (Å²) >= 11 is 0. The first-order valence-corrected chi connectivity index (χ1v) is 6.14. The lowest BCUT2D eigenvalue weighted by molar-refractivity contribution is 0.00864. The minimum Gasteiger partial charge on any atom is -0.393 e. The number of aliphatic hydroxyl groups is 1. The van der Waals surface area contributed by atoms with Crippen LogP contribution in [-0.2, 0) is 6.54 Å². The molecule has 0 aromatic heterocycles. The van der Waals surface area contributed by atoms with Crippen LogP contribution >= 0.6 is 0 Å². The summed E-state index contributed by atoms with van der Waals surface area (Å²) in [5, 5.41) is 9.71. The van der Waals surface area contributed by atoms with Crippen LogP contribution in [0.15, 0.2) is 30.3 Å². The molecule has 1 fully saturated rings. The summed E-state index contributed by atoms with van der Waals surface area (Å²) in [6.07, 6.45) is 1.69. The van der Waals surface area contributed by atoms with E-state index in [0.717, 1.165) is 19.4 Å². The normalized spacial score (nSPS) is 31.6. The Hall–Kier alpha value is -0.860. The van der Waals surface area contributed by atoms with Crippen molar-refractivity contribution in [2.45, 2.75) is 51.4 Å². The predicted octanol–water partition coefficient (Wildman–Crippen LogP) is 2.42. The molecule has 1 aromatic rings. The number of hydrogen-bond donors (Lipinski definition) is 1. The molecule has 1 heterocycles. The lowest BCUT2D eigenvalue weighted by Crippen LogP contribution is -2.47. The maximum atomic E-state index is 9.71. The van der Waals surface area contributed by atoms with Crippen molar-refractivity contribution >= 4 is 0 Å². The third-order valence-corrected chi connectivity index (χ3v) is 3.57. The second-order valence-corrected chi connectivity index (χ2v) is 4.98. The molecule has 0 aliphatic carbocycles. The summed E-state index contributed by atoms with van der Waals surface area (Å²) in [5.41, 5.74) is 1.36. The summed E-state index contributed by atoms with van der Waals surface area (Å²) < 4.78 is 0. The Balaban J connectivity index is 2.03. The Morgan fingerprint density at radius 3 is 2.25 bits per heavy atom. The third-order valence-electron chi connectivity index (χ3n) is 3.57. The van der Waals surface area contributed by atoms with Gasteiger partial charge in [0.2, 0.25) is 0 Å². The van der Waals surface area contributed by atoms with Crippen LogP contribution in [0.4, 0.5) is 0 Å². The van der Waals surface area contributed by atoms with E-state index < -0.39 is 0 Å². The van der Waals surface area contributed by atoms with E-state index in [4.69, 9.17) is 0 Å². The molecule has 2 atom stereocenters. The molecule has 0 amide bonds. The number of nitrogens with zero attached hydrogens (tertiary/aromatic N) is 1. The van der Waals surface area contributed by atoms with E-state index in [2.05, 4.69) is 49.1 Å². The predicted molar refractivity (Wildman–Crippen MR) is 66.1 cm³/mol. The van der Waals surface area contributed by atoms with E-state index in [1.165, 1.54) is 5.56 Å². The highest BCUT2D eigenvalue weighted by atomic mass is 16.3. The number of aliphatic hydroxyl groups excluding tert-OH is 1. The van der Waals surface area contributed by atoms with E-state index in [1.807, 2.05) is 0 Å². The number of rotatable bonds is 2. The highest BCUT2D eigenvalue weighted by Gasteiger charge is 2.29. The highest BCUT2D eigenvalue weighted by Crippen LogP contribution is 2.24. The van der Waals surface area contributed by atoms with Gasteiger partial charge >= 0.3 is 0 Å². The fourth-order valence-corrected chi connectivity index (χ4v) is 2.69. The van der Waals surface area contributed by atoms with Crippen molar-refractivity contribution in [3.63, 3.8) is 0 Å². The summed E-state index contributed by atoms with van der Waals surface area (Å²) in [4.78, 5) is 2.49. The Labute approximate surface area is 97.9 Å². The van der Waals surface area contributed by atoms with Crippen molar-refractivity contribution in [1.82, 2.24) is 4.90 Å². The van der Waals surface area contributed by atoms with Gasteiger partial charge in [0.1, 0.15) is 0 Å². The van der Waals surface area contributed by atoms with Crippen molar-refractivity contribution in [1.29, 1.82) is 0 Å². The maximum absolute atomic E-state index is 9.71. The van der Waals surface area contributed by atoms with Gasteiger partial charge in [-0.2, -0.15) is 0 Å². The molecular formula is C14H21NO. The Kier molecular flexibility index (Phi) is 3.62. The van der Waals surface area contributed by atoms with E-state index >= 15 is 0 Å². The van der Waals surface area contributed by atoms with E-state index in [9.17, 15) is 5.11 Å². The summed E-state index contributed by atoms with van der Waals surface area (Å²) in [6, 6.07) is 11.5. The summed E-state index contributed by atoms with van der Waals surface area (Å²) in [6.45, 7) is 5.42. The molecule has 0 radical (unpaired) electrons. The van der Waals surface area contributed by atoms with Crippen LogP contribution in [0.3, 0.4) is 0 Å². The van der Waals surface area contributed by atoms with Gasteiger partial charge < -0.3 is 5.11 Å². The first-order chi connectivity index (χ1) is 7.66. The molecule has 0 saturated carbocycles. The molecular weight excluding hydrogens is 198 g/mol. The van der Waals surface area contributed by atoms with E-state index in [1.54, 1.807) is 0 Å². The monoisotopic (exact) mass is 219 g/mol. The minimum absolute atomic E-state index is 0.114. The molecule has 0 unspecified atom stereocenters. The van der Waals surface area contributed by atoms with Crippen molar-refractivity contribution in [3.8, 4) is 0 Å². The molecule has 2 nitrogen and oxygen atoms in total. The number of likely N-dealkylation sites (tertiary alicyclic amines) is 1. The molecule has 16 heavy (non-hydrogen) atoms. The molecule has 1 aliphatic rings. The smallest absolute Gasteiger partial charge is 0.0569 e. The zero-order valence-electron chi connectivity index (χ0n) is 10.1. The fraction of sp³-hybridized carbons (Fsp3) is 0.571. The van der Waals surface area contributed by atoms with Gasteiger partial charge in [-0.25, -0.2) is 0 Å². The van der Waals surface area contributed by atoms with Gasteiger partial charge in [0.25, 0.3) is 0 Å². The molecule has 0 bridgehead atoms. The minimum atomic E-state index is -0.114. The van der Waals surface area contributed by atoms with Gasteiger partial charge in [0, 0.05) is 18.6 Å². The van der Waals surface area contributed by atoms with Crippen molar-refractivity contribution in [2.24, 2.45) is 0 Å². The quantitative estimate of drug-likeness (QED) is 0.825. The Morgan fingerprint density at radius 1 is 1.12 bits per heavy atom. The zero-order valence-corrected chi connectivity index (χ0v) is 10.1. The molecule has 1 aliphatic heterocycles. The van der Waals surface area contributed by atoms with Gasteiger partial charge in [0.05, 0.1) is 6.10 Å². The van der Waals surface area contributed by atoms with Crippen LogP contribution < -0.4 is 0 Å². The van der Waals surface area contributed by atoms with Crippen LogP contribution in [0.25, 0.3) is 0 Å². The number of piperidine rings is 1. The third kappa shape index (κ3) is 2.63. The molecule has 2 heteroatoms. The Bertz CT molecular complexity index is 313. The van der Waals surface area contributed by atoms with Crippen LogP contribution in [0.2, 0.25) is 0 Å². The largest absolute Gasteiger partial charge is 0.393 e. The molecule has 1 aromatic carbocycles. The van der Waals surface area contributed by atoms with Gasteiger partial charge in [-0.15, -0.1) is 0 Å². The first kappa shape index (κ1) is 11.6. The van der Waals surface area contributed by atoms with Crippen molar-refractivity contribution in [2.75, 3.05) is 0 Å². The lowest BCUT2D eigenvalue weighted by atomic mass is 9.94. The van der Waals surface area contributed by atoms with Crippen LogP contribution in [-0.4, -0.2) is 28.2 Å². The molecule has 2 rings (SSSR count). The average Bonchev–Trinajstić information content (AvgIpc) is 2.25. The standard InChI is InChI=1S/C14H21NO/c1-11-8-14(16)9-12(2)15(11)10-13-6-4-3-5-7-13/h3-7,11-12,14,16H,8-10H2,1-2H3/t11-,12-/m0/s1. The van der Waals surface area contributed by atoms with Gasteiger partial charge in [0.15, 0.2) is 0 Å². The van der Waals surface area contributed by atoms with Crippen molar-refractivity contribution < 1.29 is 5.11 Å². The lowest BCUT2D eigenvalue weighted by Gasteiger charge is -2.41. The summed E-state index contributed by atoms with van der Waals surface area (Å²) in [5.74, 6) is 0. The number of benzene rings is 1. The second-order valence-electron chi connectivity index (χ2n) is 4.98.